The molecule has 1 heterocycles. The predicted octanol–water partition coefficient (Wildman–Crippen LogP) is 2.01. The summed E-state index contributed by atoms with van der Waals surface area (Å²) in [4.78, 5) is 0. The van der Waals surface area contributed by atoms with Crippen molar-refractivity contribution in [3.63, 3.8) is 0 Å². The Kier molecular flexibility index (Phi) is 1.82. The first-order valence-corrected chi connectivity index (χ1v) is 4.47. The molecule has 1 unspecified atom stereocenters. The van der Waals surface area contributed by atoms with E-state index in [9.17, 15) is 0 Å². The normalized spacial score (nSPS) is 30.5. The minimum atomic E-state index is 0.695. The Morgan fingerprint density at radius 2 is 2.45 bits per heavy atom. The fourth-order valence-electron chi connectivity index (χ4n) is 1.90. The molecule has 0 aromatic rings. The molecule has 0 spiro atoms. The number of nitrogens with one attached hydrogen (secondary N) is 1. The summed E-state index contributed by atoms with van der Waals surface area (Å²) in [6.45, 7) is 3.36. The van der Waals surface area contributed by atoms with Crippen molar-refractivity contribution in [2.24, 2.45) is 0 Å². The smallest absolute Gasteiger partial charge is 0.0207 e. The van der Waals surface area contributed by atoms with E-state index in [0.717, 1.165) is 6.54 Å². The van der Waals surface area contributed by atoms with Gasteiger partial charge in [-0.15, -0.1) is 0 Å². The molecule has 1 aliphatic heterocycles. The van der Waals surface area contributed by atoms with Crippen LogP contribution in [0.4, 0.5) is 0 Å². The molecular weight excluding hydrogens is 134 g/mol. The van der Waals surface area contributed by atoms with Crippen LogP contribution in [0.15, 0.2) is 23.3 Å². The SMILES string of the molecule is CC1CC2=C(C=CCC2)CN1. The molecule has 11 heavy (non-hydrogen) atoms. The fraction of sp³-hybridized carbons (Fsp3) is 0.600. The quantitative estimate of drug-likeness (QED) is 0.555. The summed E-state index contributed by atoms with van der Waals surface area (Å²) in [5, 5.41) is 3.47. The lowest BCUT2D eigenvalue weighted by atomic mass is 9.90. The zero-order valence-electron chi connectivity index (χ0n) is 7.06. The van der Waals surface area contributed by atoms with Crippen molar-refractivity contribution in [2.45, 2.75) is 32.2 Å². The van der Waals surface area contributed by atoms with Crippen LogP contribution in [0, 0.1) is 0 Å². The molecule has 0 radical (unpaired) electrons. The Balaban J connectivity index is 2.19. The van der Waals surface area contributed by atoms with Crippen LogP contribution < -0.4 is 5.32 Å². The van der Waals surface area contributed by atoms with E-state index in [1.807, 2.05) is 0 Å². The third kappa shape index (κ3) is 1.38. The highest BCUT2D eigenvalue weighted by Gasteiger charge is 2.16. The van der Waals surface area contributed by atoms with Gasteiger partial charge in [-0.3, -0.25) is 0 Å². The molecule has 2 rings (SSSR count). The summed E-state index contributed by atoms with van der Waals surface area (Å²) in [7, 11) is 0. The topological polar surface area (TPSA) is 12.0 Å². The number of hydrogen-bond donors (Lipinski definition) is 1. The maximum Gasteiger partial charge on any atom is 0.0207 e. The van der Waals surface area contributed by atoms with Crippen molar-refractivity contribution < 1.29 is 0 Å². The van der Waals surface area contributed by atoms with Crippen LogP contribution in [0.5, 0.6) is 0 Å². The van der Waals surface area contributed by atoms with Crippen molar-refractivity contribution in [3.8, 4) is 0 Å². The van der Waals surface area contributed by atoms with Gasteiger partial charge in [0.05, 0.1) is 0 Å². The maximum absolute atomic E-state index is 3.47. The molecular formula is C10H15N. The molecule has 0 bridgehead atoms. The number of allylic oxidation sites excluding steroid dienone is 1. The van der Waals surface area contributed by atoms with Gasteiger partial charge in [0, 0.05) is 12.6 Å². The molecule has 60 valence electrons. The van der Waals surface area contributed by atoms with E-state index < -0.39 is 0 Å². The van der Waals surface area contributed by atoms with Gasteiger partial charge in [-0.2, -0.15) is 0 Å². The second-order valence-electron chi connectivity index (χ2n) is 3.56. The molecule has 0 aromatic carbocycles. The van der Waals surface area contributed by atoms with Gasteiger partial charge in [0.1, 0.15) is 0 Å². The summed E-state index contributed by atoms with van der Waals surface area (Å²) in [5.41, 5.74) is 3.24. The third-order valence-corrected chi connectivity index (χ3v) is 2.58. The first-order valence-electron chi connectivity index (χ1n) is 4.47. The monoisotopic (exact) mass is 149 g/mol. The minimum absolute atomic E-state index is 0.695. The molecule has 1 nitrogen and oxygen atoms in total. The number of hydrogen-bond acceptors (Lipinski definition) is 1. The molecule has 1 aliphatic carbocycles. The van der Waals surface area contributed by atoms with Crippen molar-refractivity contribution in [1.29, 1.82) is 0 Å². The predicted molar refractivity (Wildman–Crippen MR) is 47.5 cm³/mol. The highest BCUT2D eigenvalue weighted by atomic mass is 14.9. The van der Waals surface area contributed by atoms with E-state index in [-0.39, 0.29) is 0 Å². The Morgan fingerprint density at radius 1 is 1.55 bits per heavy atom. The Labute approximate surface area is 68.2 Å². The van der Waals surface area contributed by atoms with Gasteiger partial charge in [0.15, 0.2) is 0 Å². The van der Waals surface area contributed by atoms with Crippen LogP contribution in [-0.4, -0.2) is 12.6 Å². The van der Waals surface area contributed by atoms with E-state index >= 15 is 0 Å². The number of rotatable bonds is 0. The van der Waals surface area contributed by atoms with Crippen LogP contribution in [0.2, 0.25) is 0 Å². The molecule has 0 fully saturated rings. The van der Waals surface area contributed by atoms with Crippen LogP contribution in [0.1, 0.15) is 26.2 Å². The average molecular weight is 149 g/mol. The van der Waals surface area contributed by atoms with Gasteiger partial charge in [0.25, 0.3) is 0 Å². The fourth-order valence-corrected chi connectivity index (χ4v) is 1.90. The summed E-state index contributed by atoms with van der Waals surface area (Å²) < 4.78 is 0. The van der Waals surface area contributed by atoms with Gasteiger partial charge in [-0.05, 0) is 31.8 Å². The van der Waals surface area contributed by atoms with Gasteiger partial charge in [0.2, 0.25) is 0 Å². The largest absolute Gasteiger partial charge is 0.310 e. The lowest BCUT2D eigenvalue weighted by Crippen LogP contribution is -2.33. The summed E-state index contributed by atoms with van der Waals surface area (Å²) in [5.74, 6) is 0. The van der Waals surface area contributed by atoms with E-state index in [1.54, 1.807) is 11.1 Å². The van der Waals surface area contributed by atoms with Crippen molar-refractivity contribution in [3.05, 3.63) is 23.3 Å². The van der Waals surface area contributed by atoms with Gasteiger partial charge in [-0.25, -0.2) is 0 Å². The zero-order chi connectivity index (χ0) is 7.68. The van der Waals surface area contributed by atoms with E-state index in [2.05, 4.69) is 24.4 Å². The highest BCUT2D eigenvalue weighted by Crippen LogP contribution is 2.25. The maximum atomic E-state index is 3.47. The van der Waals surface area contributed by atoms with Crippen molar-refractivity contribution >= 4 is 0 Å². The Hall–Kier alpha value is -0.560. The van der Waals surface area contributed by atoms with Gasteiger partial charge < -0.3 is 5.32 Å². The van der Waals surface area contributed by atoms with Crippen LogP contribution >= 0.6 is 0 Å². The molecule has 1 atom stereocenters. The van der Waals surface area contributed by atoms with Gasteiger partial charge >= 0.3 is 0 Å². The Morgan fingerprint density at radius 3 is 3.36 bits per heavy atom. The third-order valence-electron chi connectivity index (χ3n) is 2.58. The van der Waals surface area contributed by atoms with Crippen molar-refractivity contribution in [1.82, 2.24) is 5.32 Å². The van der Waals surface area contributed by atoms with Crippen LogP contribution in [0.25, 0.3) is 0 Å². The standard InChI is InChI=1S/C10H15N/c1-8-6-9-4-2-3-5-10(9)7-11-8/h3,5,8,11H,2,4,6-7H2,1H3. The molecule has 0 saturated heterocycles. The molecule has 2 aliphatic rings. The first kappa shape index (κ1) is 7.11. The van der Waals surface area contributed by atoms with Crippen LogP contribution in [0.3, 0.4) is 0 Å². The second kappa shape index (κ2) is 2.82. The van der Waals surface area contributed by atoms with E-state index in [0.29, 0.717) is 6.04 Å². The zero-order valence-corrected chi connectivity index (χ0v) is 7.06. The van der Waals surface area contributed by atoms with E-state index in [4.69, 9.17) is 0 Å². The molecule has 1 N–H and O–H groups in total. The second-order valence-corrected chi connectivity index (χ2v) is 3.56. The lowest BCUT2D eigenvalue weighted by molar-refractivity contribution is 0.529. The summed E-state index contributed by atoms with van der Waals surface area (Å²) in [6.07, 6.45) is 8.40. The molecule has 1 heteroatoms. The lowest BCUT2D eigenvalue weighted by Gasteiger charge is -2.26. The summed E-state index contributed by atoms with van der Waals surface area (Å²) >= 11 is 0. The van der Waals surface area contributed by atoms with Crippen LogP contribution in [-0.2, 0) is 0 Å². The van der Waals surface area contributed by atoms with E-state index in [1.165, 1.54) is 19.3 Å². The Bertz CT molecular complexity index is 213. The minimum Gasteiger partial charge on any atom is -0.310 e. The molecule has 0 saturated carbocycles. The highest BCUT2D eigenvalue weighted by molar-refractivity contribution is 5.33. The molecule has 0 aromatic heterocycles. The average Bonchev–Trinajstić information content (AvgIpc) is 2.04. The first-order chi connectivity index (χ1) is 5.36. The van der Waals surface area contributed by atoms with Crippen molar-refractivity contribution in [2.75, 3.05) is 6.54 Å². The van der Waals surface area contributed by atoms with Gasteiger partial charge in [-0.1, -0.05) is 17.7 Å². The summed E-state index contributed by atoms with van der Waals surface area (Å²) in [6, 6.07) is 0.695. The molecule has 0 amide bonds.